The van der Waals surface area contributed by atoms with Crippen LogP contribution in [0.4, 0.5) is 5.95 Å². The molecule has 6 nitrogen and oxygen atoms in total. The summed E-state index contributed by atoms with van der Waals surface area (Å²) in [4.78, 5) is 19.5. The lowest BCUT2D eigenvalue weighted by Gasteiger charge is -2.43. The molecule has 1 spiro atoms. The predicted molar refractivity (Wildman–Crippen MR) is 126 cm³/mol. The number of aliphatic hydroxyl groups excluding tert-OH is 1. The molecule has 2 aliphatic carbocycles. The van der Waals surface area contributed by atoms with Crippen molar-refractivity contribution in [1.82, 2.24) is 9.55 Å². The molecule has 32 heavy (non-hydrogen) atoms. The van der Waals surface area contributed by atoms with Gasteiger partial charge in [0.25, 0.3) is 5.56 Å². The average molecular weight is 438 g/mol. The number of hydrogen-bond acceptors (Lipinski definition) is 5. The fourth-order valence-electron chi connectivity index (χ4n) is 6.27. The molecule has 2 fully saturated rings. The molecule has 3 aliphatic rings. The Hall–Kier alpha value is -2.18. The van der Waals surface area contributed by atoms with Gasteiger partial charge in [0, 0.05) is 30.2 Å². The number of aromatic nitrogens is 2. The molecule has 5 rings (SSSR count). The summed E-state index contributed by atoms with van der Waals surface area (Å²) in [6.07, 6.45) is 8.15. The number of hydrogen-bond donors (Lipinski definition) is 2. The molecular formula is C26H35N3O3. The molecule has 0 amide bonds. The van der Waals surface area contributed by atoms with E-state index in [4.69, 9.17) is 9.72 Å². The van der Waals surface area contributed by atoms with E-state index in [0.717, 1.165) is 61.8 Å². The van der Waals surface area contributed by atoms with Gasteiger partial charge >= 0.3 is 0 Å². The summed E-state index contributed by atoms with van der Waals surface area (Å²) in [5.74, 6) is 0.577. The van der Waals surface area contributed by atoms with E-state index in [1.807, 2.05) is 10.6 Å². The minimum atomic E-state index is -0.276. The number of nitrogens with zero attached hydrogens (tertiary/aromatic N) is 2. The first-order chi connectivity index (χ1) is 15.4. The highest BCUT2D eigenvalue weighted by molar-refractivity contribution is 5.72. The lowest BCUT2D eigenvalue weighted by Crippen LogP contribution is -2.46. The molecule has 1 aliphatic heterocycles. The van der Waals surface area contributed by atoms with Crippen molar-refractivity contribution in [3.8, 4) is 11.3 Å². The summed E-state index contributed by atoms with van der Waals surface area (Å²) in [6.45, 7) is 5.18. The average Bonchev–Trinajstić information content (AvgIpc) is 2.77. The van der Waals surface area contributed by atoms with Crippen molar-refractivity contribution in [2.45, 2.75) is 82.3 Å². The number of benzene rings is 1. The molecule has 0 radical (unpaired) electrons. The Kier molecular flexibility index (Phi) is 5.62. The van der Waals surface area contributed by atoms with Crippen molar-refractivity contribution >= 4 is 5.95 Å². The Balaban J connectivity index is 1.74. The van der Waals surface area contributed by atoms with Crippen molar-refractivity contribution in [2.24, 2.45) is 0 Å². The summed E-state index contributed by atoms with van der Waals surface area (Å²) < 4.78 is 7.86. The van der Waals surface area contributed by atoms with Crippen LogP contribution in [0.2, 0.25) is 0 Å². The highest BCUT2D eigenvalue weighted by Gasteiger charge is 2.44. The van der Waals surface area contributed by atoms with Gasteiger partial charge in [0.15, 0.2) is 0 Å². The van der Waals surface area contributed by atoms with Crippen molar-refractivity contribution in [2.75, 3.05) is 25.1 Å². The molecule has 0 bridgehead atoms. The monoisotopic (exact) mass is 437 g/mol. The van der Waals surface area contributed by atoms with Crippen LogP contribution in [-0.2, 0) is 16.6 Å². The summed E-state index contributed by atoms with van der Waals surface area (Å²) >= 11 is 0. The van der Waals surface area contributed by atoms with E-state index in [1.54, 1.807) is 0 Å². The van der Waals surface area contributed by atoms with Crippen LogP contribution in [-0.4, -0.2) is 40.0 Å². The van der Waals surface area contributed by atoms with Crippen molar-refractivity contribution in [1.29, 1.82) is 0 Å². The van der Waals surface area contributed by atoms with Gasteiger partial charge in [0.1, 0.15) is 0 Å². The molecule has 1 aromatic heterocycles. The Morgan fingerprint density at radius 3 is 2.75 bits per heavy atom. The molecule has 6 heteroatoms. The molecule has 172 valence electrons. The van der Waals surface area contributed by atoms with Crippen LogP contribution in [0.3, 0.4) is 0 Å². The molecule has 2 heterocycles. The Labute approximate surface area is 190 Å². The first-order valence-electron chi connectivity index (χ1n) is 12.2. The van der Waals surface area contributed by atoms with Crippen LogP contribution < -0.4 is 10.9 Å². The Bertz CT molecular complexity index is 1050. The maximum Gasteiger partial charge on any atom is 0.259 e. The number of fused-ring (bicyclic) bond motifs is 4. The fourth-order valence-corrected chi connectivity index (χ4v) is 6.27. The quantitative estimate of drug-likeness (QED) is 0.750. The van der Waals surface area contributed by atoms with Gasteiger partial charge in [-0.15, -0.1) is 0 Å². The first kappa shape index (κ1) is 21.7. The lowest BCUT2D eigenvalue weighted by atomic mass is 9.62. The predicted octanol–water partition coefficient (Wildman–Crippen LogP) is 4.20. The minimum Gasteiger partial charge on any atom is -0.395 e. The summed E-state index contributed by atoms with van der Waals surface area (Å²) in [5, 5.41) is 12.7. The van der Waals surface area contributed by atoms with Crippen molar-refractivity contribution < 1.29 is 9.84 Å². The van der Waals surface area contributed by atoms with E-state index < -0.39 is 0 Å². The second kappa shape index (κ2) is 8.31. The van der Waals surface area contributed by atoms with Crippen LogP contribution in [0.25, 0.3) is 11.3 Å². The van der Waals surface area contributed by atoms with Crippen LogP contribution in [0.1, 0.15) is 76.0 Å². The molecule has 1 atom stereocenters. The van der Waals surface area contributed by atoms with Crippen LogP contribution in [0, 0.1) is 0 Å². The van der Waals surface area contributed by atoms with Gasteiger partial charge < -0.3 is 15.2 Å². The lowest BCUT2D eigenvalue weighted by molar-refractivity contribution is -0.0694. The van der Waals surface area contributed by atoms with Gasteiger partial charge in [-0.25, -0.2) is 4.98 Å². The van der Waals surface area contributed by atoms with Crippen molar-refractivity contribution in [3.05, 3.63) is 45.7 Å². The number of ether oxygens (including phenoxy) is 1. The van der Waals surface area contributed by atoms with E-state index in [9.17, 15) is 9.90 Å². The van der Waals surface area contributed by atoms with E-state index in [-0.39, 0.29) is 29.2 Å². The zero-order valence-electron chi connectivity index (χ0n) is 19.3. The number of rotatable bonds is 4. The third-order valence-electron chi connectivity index (χ3n) is 7.69. The number of anilines is 1. The smallest absolute Gasteiger partial charge is 0.259 e. The molecule has 2 N–H and O–H groups in total. The highest BCUT2D eigenvalue weighted by Crippen LogP contribution is 2.49. The van der Waals surface area contributed by atoms with Gasteiger partial charge in [-0.05, 0) is 51.5 Å². The van der Waals surface area contributed by atoms with Gasteiger partial charge in [0.2, 0.25) is 5.95 Å². The van der Waals surface area contributed by atoms with Gasteiger partial charge in [-0.2, -0.15) is 0 Å². The molecule has 1 saturated heterocycles. The molecule has 1 aromatic carbocycles. The normalized spacial score (nSPS) is 23.4. The number of aliphatic hydroxyl groups is 1. The summed E-state index contributed by atoms with van der Waals surface area (Å²) in [5.41, 5.74) is 3.87. The Morgan fingerprint density at radius 1 is 1.22 bits per heavy atom. The molecule has 1 unspecified atom stereocenters. The zero-order valence-corrected chi connectivity index (χ0v) is 19.3. The number of nitrogens with one attached hydrogen (secondary N) is 1. The second-order valence-corrected chi connectivity index (χ2v) is 10.4. The van der Waals surface area contributed by atoms with Gasteiger partial charge in [-0.3, -0.25) is 9.36 Å². The molecule has 1 saturated carbocycles. The maximum atomic E-state index is 14.4. The van der Waals surface area contributed by atoms with Crippen LogP contribution in [0.15, 0.2) is 29.1 Å². The van der Waals surface area contributed by atoms with E-state index in [2.05, 4.69) is 37.4 Å². The van der Waals surface area contributed by atoms with Gasteiger partial charge in [-0.1, -0.05) is 43.5 Å². The van der Waals surface area contributed by atoms with Crippen LogP contribution >= 0.6 is 0 Å². The summed E-state index contributed by atoms with van der Waals surface area (Å²) in [7, 11) is 0. The third kappa shape index (κ3) is 3.67. The first-order valence-corrected chi connectivity index (χ1v) is 12.2. The fraction of sp³-hybridized carbons (Fsp3) is 0.615. The topological polar surface area (TPSA) is 76.4 Å². The third-order valence-corrected chi connectivity index (χ3v) is 7.69. The minimum absolute atomic E-state index is 0.00719. The zero-order chi connectivity index (χ0) is 22.3. The van der Waals surface area contributed by atoms with Crippen LogP contribution in [0.5, 0.6) is 0 Å². The molecule has 2 aromatic rings. The van der Waals surface area contributed by atoms with E-state index >= 15 is 0 Å². The van der Waals surface area contributed by atoms with Crippen molar-refractivity contribution in [3.63, 3.8) is 0 Å². The second-order valence-electron chi connectivity index (χ2n) is 10.4. The van der Waals surface area contributed by atoms with E-state index in [0.29, 0.717) is 19.1 Å². The maximum absolute atomic E-state index is 14.4. The summed E-state index contributed by atoms with van der Waals surface area (Å²) in [6, 6.07) is 8.47. The standard InChI is InChI=1S/C26H35N3O3/c1-25(2)17-19(10-15-32-25)29-23(31)21-22(28-24(29)27-13-14-30)20-9-5-4-8-18(20)16-26(21)11-6-3-7-12-26/h4-5,8-9,19,30H,3,6-7,10-17H2,1-2H3,(H,27,28). The molecular weight excluding hydrogens is 402 g/mol. The largest absolute Gasteiger partial charge is 0.395 e. The SMILES string of the molecule is CC1(C)CC(n2c(NCCO)nc3c(c2=O)C2(CCCCC2)Cc2ccccc2-3)CCO1. The van der Waals surface area contributed by atoms with E-state index in [1.165, 1.54) is 12.0 Å². The Morgan fingerprint density at radius 2 is 2.00 bits per heavy atom. The highest BCUT2D eigenvalue weighted by atomic mass is 16.5. The van der Waals surface area contributed by atoms with Gasteiger partial charge in [0.05, 0.1) is 23.5 Å².